The van der Waals surface area contributed by atoms with Crippen molar-refractivity contribution in [3.63, 3.8) is 0 Å². The van der Waals surface area contributed by atoms with Gasteiger partial charge in [0.1, 0.15) is 5.82 Å². The molecule has 2 rings (SSSR count). The third-order valence-electron chi connectivity index (χ3n) is 2.43. The molecule has 0 aliphatic rings. The molecule has 0 unspecified atom stereocenters. The van der Waals surface area contributed by atoms with Gasteiger partial charge in [-0.15, -0.1) is 11.8 Å². The fourth-order valence-electron chi connectivity index (χ4n) is 1.44. The highest BCUT2D eigenvalue weighted by Gasteiger charge is 2.05. The smallest absolute Gasteiger partial charge is 0.266 e. The number of benzene rings is 1. The number of nitrogens with two attached hydrogens (primary N) is 1. The molecule has 1 heterocycles. The lowest BCUT2D eigenvalue weighted by Gasteiger charge is -2.04. The van der Waals surface area contributed by atoms with Crippen molar-refractivity contribution in [2.24, 2.45) is 5.84 Å². The van der Waals surface area contributed by atoms with Crippen molar-refractivity contribution in [2.45, 2.75) is 10.6 Å². The number of carbonyl (C=O) groups excluding carboxylic acids is 1. The summed E-state index contributed by atoms with van der Waals surface area (Å²) in [6.45, 7) is 0. The molecule has 3 N–H and O–H groups in total. The van der Waals surface area contributed by atoms with Crippen LogP contribution in [0.4, 0.5) is 4.39 Å². The second-order valence-electron chi connectivity index (χ2n) is 3.73. The van der Waals surface area contributed by atoms with Gasteiger partial charge in [-0.3, -0.25) is 15.2 Å². The monoisotopic (exact) mass is 277 g/mol. The van der Waals surface area contributed by atoms with E-state index in [-0.39, 0.29) is 11.7 Å². The Kier molecular flexibility index (Phi) is 4.48. The highest BCUT2D eigenvalue weighted by molar-refractivity contribution is 7.98. The van der Waals surface area contributed by atoms with Crippen LogP contribution in [0.5, 0.6) is 0 Å². The number of pyridine rings is 1. The maximum absolute atomic E-state index is 13.4. The zero-order chi connectivity index (χ0) is 13.7. The molecular weight excluding hydrogens is 265 g/mol. The average molecular weight is 277 g/mol. The Balaban J connectivity index is 2.01. The Bertz CT molecular complexity index is 574. The first-order valence-electron chi connectivity index (χ1n) is 5.54. The Morgan fingerprint density at radius 2 is 2.11 bits per heavy atom. The van der Waals surface area contributed by atoms with E-state index in [1.807, 2.05) is 5.43 Å². The normalized spacial score (nSPS) is 10.2. The molecule has 0 atom stereocenters. The molecule has 0 aliphatic carbocycles. The van der Waals surface area contributed by atoms with Crippen LogP contribution in [0.1, 0.15) is 16.1 Å². The molecule has 1 aromatic heterocycles. The molecular formula is C13H12FN3OS. The van der Waals surface area contributed by atoms with Crippen molar-refractivity contribution in [3.05, 3.63) is 59.7 Å². The van der Waals surface area contributed by atoms with Crippen molar-refractivity contribution in [3.8, 4) is 0 Å². The number of nitrogen functional groups attached to an aromatic ring is 1. The fourth-order valence-corrected chi connectivity index (χ4v) is 2.30. The molecule has 0 aliphatic heterocycles. The Hall–Kier alpha value is -1.92. The summed E-state index contributed by atoms with van der Waals surface area (Å²) in [5, 5.41) is 0. The lowest BCUT2D eigenvalue weighted by molar-refractivity contribution is 0.0953. The largest absolute Gasteiger partial charge is 0.290 e. The summed E-state index contributed by atoms with van der Waals surface area (Å²) in [5.74, 6) is 4.92. The highest BCUT2D eigenvalue weighted by Crippen LogP contribution is 2.24. The van der Waals surface area contributed by atoms with Crippen LogP contribution in [0.2, 0.25) is 0 Å². The van der Waals surface area contributed by atoms with Gasteiger partial charge < -0.3 is 0 Å². The Labute approximate surface area is 114 Å². The fraction of sp³-hybridized carbons (Fsp3) is 0.0769. The number of nitrogens with one attached hydrogen (secondary N) is 1. The quantitative estimate of drug-likeness (QED) is 0.389. The molecule has 1 amide bonds. The van der Waals surface area contributed by atoms with Gasteiger partial charge in [-0.1, -0.05) is 12.1 Å². The minimum absolute atomic E-state index is 0.244. The number of rotatable bonds is 4. The summed E-state index contributed by atoms with van der Waals surface area (Å²) in [6.07, 6.45) is 1.44. The molecule has 1 aromatic carbocycles. The average Bonchev–Trinajstić information content (AvgIpc) is 2.46. The Morgan fingerprint density at radius 3 is 2.74 bits per heavy atom. The van der Waals surface area contributed by atoms with Crippen LogP contribution >= 0.6 is 11.8 Å². The van der Waals surface area contributed by atoms with Crippen molar-refractivity contribution >= 4 is 17.7 Å². The van der Waals surface area contributed by atoms with E-state index in [4.69, 9.17) is 5.84 Å². The van der Waals surface area contributed by atoms with Gasteiger partial charge in [-0.2, -0.15) is 0 Å². The van der Waals surface area contributed by atoms with E-state index >= 15 is 0 Å². The number of thioether (sulfide) groups is 1. The predicted octanol–water partition coefficient (Wildman–Crippen LogP) is 2.12. The molecule has 2 aromatic rings. The lowest BCUT2D eigenvalue weighted by Crippen LogP contribution is -2.30. The van der Waals surface area contributed by atoms with Crippen molar-refractivity contribution in [2.75, 3.05) is 0 Å². The van der Waals surface area contributed by atoms with E-state index in [2.05, 4.69) is 4.98 Å². The predicted molar refractivity (Wildman–Crippen MR) is 71.9 cm³/mol. The minimum Gasteiger partial charge on any atom is -0.290 e. The molecule has 0 saturated carbocycles. The molecule has 6 heteroatoms. The van der Waals surface area contributed by atoms with Crippen LogP contribution in [0, 0.1) is 5.82 Å². The van der Waals surface area contributed by atoms with Gasteiger partial charge in [-0.05, 0) is 24.3 Å². The lowest BCUT2D eigenvalue weighted by atomic mass is 10.2. The summed E-state index contributed by atoms with van der Waals surface area (Å²) < 4.78 is 13.4. The standard InChI is InChI=1S/C13H12FN3OS/c14-11-3-1-2-4-12(11)19-8-10-6-5-9(7-16-10)13(18)17-15/h1-7H,8,15H2,(H,17,18). The van der Waals surface area contributed by atoms with Gasteiger partial charge in [-0.25, -0.2) is 10.2 Å². The number of nitrogens with zero attached hydrogens (tertiary/aromatic N) is 1. The third-order valence-corrected chi connectivity index (χ3v) is 3.51. The van der Waals surface area contributed by atoms with E-state index < -0.39 is 0 Å². The molecule has 4 nitrogen and oxygen atoms in total. The van der Waals surface area contributed by atoms with E-state index in [1.54, 1.807) is 30.3 Å². The van der Waals surface area contributed by atoms with E-state index in [1.165, 1.54) is 24.0 Å². The maximum atomic E-state index is 13.4. The van der Waals surface area contributed by atoms with Crippen LogP contribution in [0.3, 0.4) is 0 Å². The molecule has 0 saturated heterocycles. The van der Waals surface area contributed by atoms with Crippen molar-refractivity contribution in [1.82, 2.24) is 10.4 Å². The summed E-state index contributed by atoms with van der Waals surface area (Å²) in [5.41, 5.74) is 3.19. The SMILES string of the molecule is NNC(=O)c1ccc(CSc2ccccc2F)nc1. The number of carbonyl (C=O) groups is 1. The topological polar surface area (TPSA) is 68.0 Å². The third kappa shape index (κ3) is 3.52. The number of amides is 1. The van der Waals surface area contributed by atoms with Gasteiger partial charge >= 0.3 is 0 Å². The van der Waals surface area contributed by atoms with E-state index in [9.17, 15) is 9.18 Å². The van der Waals surface area contributed by atoms with Crippen molar-refractivity contribution in [1.29, 1.82) is 0 Å². The van der Waals surface area contributed by atoms with Gasteiger partial charge in [0.2, 0.25) is 0 Å². The molecule has 0 fully saturated rings. The molecule has 0 radical (unpaired) electrons. The summed E-state index contributed by atoms with van der Waals surface area (Å²) in [7, 11) is 0. The number of aromatic nitrogens is 1. The zero-order valence-corrected chi connectivity index (χ0v) is 10.8. The number of halogens is 1. The number of hydrazine groups is 1. The van der Waals surface area contributed by atoms with E-state index in [0.29, 0.717) is 16.2 Å². The maximum Gasteiger partial charge on any atom is 0.266 e. The van der Waals surface area contributed by atoms with Crippen LogP contribution < -0.4 is 11.3 Å². The van der Waals surface area contributed by atoms with Gasteiger partial charge in [0.05, 0.1) is 11.3 Å². The first kappa shape index (κ1) is 13.5. The zero-order valence-electron chi connectivity index (χ0n) is 9.97. The van der Waals surface area contributed by atoms with Crippen molar-refractivity contribution < 1.29 is 9.18 Å². The molecule has 98 valence electrons. The van der Waals surface area contributed by atoms with Crippen LogP contribution in [0.25, 0.3) is 0 Å². The van der Waals surface area contributed by atoms with Crippen LogP contribution in [-0.4, -0.2) is 10.9 Å². The number of hydrogen-bond acceptors (Lipinski definition) is 4. The molecule has 0 spiro atoms. The first-order chi connectivity index (χ1) is 9.20. The highest BCUT2D eigenvalue weighted by atomic mass is 32.2. The van der Waals surface area contributed by atoms with Gasteiger partial charge in [0, 0.05) is 16.8 Å². The molecule has 19 heavy (non-hydrogen) atoms. The van der Waals surface area contributed by atoms with Gasteiger partial charge in [0.25, 0.3) is 5.91 Å². The minimum atomic E-state index is -0.388. The summed E-state index contributed by atoms with van der Waals surface area (Å²) in [6, 6.07) is 9.93. The second kappa shape index (κ2) is 6.31. The Morgan fingerprint density at radius 1 is 1.32 bits per heavy atom. The van der Waals surface area contributed by atoms with E-state index in [0.717, 1.165) is 5.69 Å². The second-order valence-corrected chi connectivity index (χ2v) is 4.75. The van der Waals surface area contributed by atoms with Crippen LogP contribution in [-0.2, 0) is 5.75 Å². The van der Waals surface area contributed by atoms with Crippen LogP contribution in [0.15, 0.2) is 47.5 Å². The molecule has 0 bridgehead atoms. The number of hydrogen-bond donors (Lipinski definition) is 2. The first-order valence-corrected chi connectivity index (χ1v) is 6.52. The summed E-state index contributed by atoms with van der Waals surface area (Å²) in [4.78, 5) is 15.9. The summed E-state index contributed by atoms with van der Waals surface area (Å²) >= 11 is 1.36. The van der Waals surface area contributed by atoms with Gasteiger partial charge in [0.15, 0.2) is 0 Å².